The fraction of sp³-hybridized carbons (Fsp3) is 0.118. The van der Waals surface area contributed by atoms with E-state index in [4.69, 9.17) is 0 Å². The number of carbonyl (C=O) groups excluding carboxylic acids is 1. The summed E-state index contributed by atoms with van der Waals surface area (Å²) in [6.45, 7) is 1.96. The summed E-state index contributed by atoms with van der Waals surface area (Å²) in [6, 6.07) is 39.3. The van der Waals surface area contributed by atoms with Crippen molar-refractivity contribution in [2.24, 2.45) is 0 Å². The van der Waals surface area contributed by atoms with E-state index < -0.39 is 63.0 Å². The van der Waals surface area contributed by atoms with Crippen molar-refractivity contribution in [3.05, 3.63) is 221 Å². The van der Waals surface area contributed by atoms with E-state index in [0.717, 1.165) is 59.7 Å². The van der Waals surface area contributed by atoms with Gasteiger partial charge >= 0.3 is 24.7 Å². The Hall–Kier alpha value is -6.86. The third kappa shape index (κ3) is 11.8. The van der Waals surface area contributed by atoms with Crippen LogP contribution in [-0.4, -0.2) is 17.7 Å². The van der Waals surface area contributed by atoms with Gasteiger partial charge in [0.15, 0.2) is 15.9 Å². The topological polar surface area (TPSA) is 34.1 Å². The Morgan fingerprint density at radius 3 is 1.07 bits per heavy atom. The van der Waals surface area contributed by atoms with E-state index in [1.807, 2.05) is 67.6 Å². The number of alkyl halides is 12. The normalized spacial score (nSPS) is 13.0. The van der Waals surface area contributed by atoms with Gasteiger partial charge in [0.2, 0.25) is 15.7 Å². The Balaban J connectivity index is 0.000000244. The second kappa shape index (κ2) is 19.5. The molecule has 0 aliphatic rings. The van der Waals surface area contributed by atoms with Crippen LogP contribution in [0.5, 0.6) is 0 Å². The number of aryl methyl sites for hydroxylation is 1. The summed E-state index contributed by atoms with van der Waals surface area (Å²) >= 11 is 0. The molecular weight excluding hydrogens is 915 g/mol. The van der Waals surface area contributed by atoms with Crippen LogP contribution in [0.1, 0.15) is 43.7 Å². The smallest absolute Gasteiger partial charge is 0.289 e. The number of benzene rings is 7. The maximum absolute atomic E-state index is 13.6. The third-order valence-corrected chi connectivity index (χ3v) is 13.1. The average Bonchev–Trinajstić information content (AvgIpc) is 3.29. The zero-order chi connectivity index (χ0) is 48.8. The van der Waals surface area contributed by atoms with Crippen LogP contribution in [0, 0.1) is 18.1 Å². The lowest BCUT2D eigenvalue weighted by molar-refractivity contribution is -0.138. The fourth-order valence-electron chi connectivity index (χ4n) is 7.49. The fourth-order valence-corrected chi connectivity index (χ4v) is 9.26. The Kier molecular flexibility index (Phi) is 14.5. The molecule has 0 spiro atoms. The zero-order valence-electron chi connectivity index (χ0n) is 34.9. The number of hydrogen-bond donors (Lipinski definition) is 0. The third-order valence-electron chi connectivity index (χ3n) is 10.9. The zero-order valence-corrected chi connectivity index (χ0v) is 35.7. The van der Waals surface area contributed by atoms with Crippen molar-refractivity contribution in [1.29, 1.82) is 0 Å². The lowest BCUT2D eigenvalue weighted by atomic mass is 9.13. The summed E-state index contributed by atoms with van der Waals surface area (Å²) in [5, 5.41) is 2.90. The molecule has 0 fully saturated rings. The molecule has 344 valence electrons. The minimum absolute atomic E-state index is 0.0114. The van der Waals surface area contributed by atoms with Crippen LogP contribution in [-0.2, 0) is 38.8 Å². The van der Waals surface area contributed by atoms with Gasteiger partial charge in [-0.25, -0.2) is 0 Å². The van der Waals surface area contributed by atoms with E-state index >= 15 is 0 Å². The summed E-state index contributed by atoms with van der Waals surface area (Å²) in [5.74, 6) is 2.68. The molecule has 0 N–H and O–H groups in total. The van der Waals surface area contributed by atoms with Gasteiger partial charge in [-0.1, -0.05) is 167 Å². The standard InChI is InChI=1S/C28H16BF12.C23H19O2S/c30-25(31,32)17-1-9-21(10-2-17)29(22-11-3-18(4-12-22)26(33,34)35,23-13-5-19(6-14-23)27(36,37)38)24-15-7-20(8-16-24)28(39,40)41;1-19-12-14-21(15-13-19)23(24)18-26(25,22-10-6-3-7-11-22)17-16-20-8-4-2-5-9-20/h1-16H;2-15H,18H2,1H3/q-1;+1. The molecule has 0 bridgehead atoms. The second-order valence-corrected chi connectivity index (χ2v) is 17.7. The molecule has 0 saturated carbocycles. The van der Waals surface area contributed by atoms with Crippen molar-refractivity contribution in [3.8, 4) is 11.2 Å². The van der Waals surface area contributed by atoms with Crippen molar-refractivity contribution in [3.63, 3.8) is 0 Å². The van der Waals surface area contributed by atoms with Crippen molar-refractivity contribution in [1.82, 2.24) is 0 Å². The van der Waals surface area contributed by atoms with Crippen LogP contribution >= 0.6 is 0 Å². The maximum atomic E-state index is 13.6. The van der Waals surface area contributed by atoms with Crippen LogP contribution in [0.15, 0.2) is 187 Å². The molecule has 7 aromatic carbocycles. The van der Waals surface area contributed by atoms with Gasteiger partial charge in [0.1, 0.15) is 6.15 Å². The Bertz CT molecular complexity index is 2650. The molecule has 67 heavy (non-hydrogen) atoms. The summed E-state index contributed by atoms with van der Waals surface area (Å²) in [6.07, 6.45) is -22.0. The molecule has 0 amide bonds. The van der Waals surface area contributed by atoms with E-state index in [0.29, 0.717) is 59.0 Å². The first-order chi connectivity index (χ1) is 31.4. The van der Waals surface area contributed by atoms with Crippen LogP contribution in [0.2, 0.25) is 0 Å². The highest BCUT2D eigenvalue weighted by molar-refractivity contribution is 8.07. The SMILES string of the molecule is Cc1ccc(C(=O)C[S+](=O)(C#Cc2ccccc2)c2ccccc2)cc1.FC(F)(F)c1ccc([B-](c2ccc(C(F)(F)F)cc2)(c2ccc(C(F)(F)F)cc2)c2ccc(C(F)(F)F)cc2)cc1. The molecule has 7 rings (SSSR count). The molecule has 16 heteroatoms. The molecule has 0 saturated heterocycles. The predicted octanol–water partition coefficient (Wildman–Crippen LogP) is 11.9. The highest BCUT2D eigenvalue weighted by atomic mass is 32.2. The van der Waals surface area contributed by atoms with Gasteiger partial charge in [-0.05, 0) is 37.1 Å². The molecule has 0 radical (unpaired) electrons. The Morgan fingerprint density at radius 1 is 0.448 bits per heavy atom. The number of ketones is 1. The Morgan fingerprint density at radius 2 is 0.761 bits per heavy atom. The van der Waals surface area contributed by atoms with Crippen molar-refractivity contribution < 1.29 is 61.7 Å². The number of carbonyl (C=O) groups is 1. The first-order valence-corrected chi connectivity index (χ1v) is 21.7. The molecule has 0 aliphatic heterocycles. The monoisotopic (exact) mass is 950 g/mol. The molecule has 0 aromatic heterocycles. The van der Waals surface area contributed by atoms with Gasteiger partial charge in [-0.2, -0.15) is 74.5 Å². The number of Topliss-reactive ketones (excluding diaryl/α,β-unsaturated/α-hetero) is 1. The minimum atomic E-state index is -4.77. The van der Waals surface area contributed by atoms with E-state index in [1.165, 1.54) is 0 Å². The van der Waals surface area contributed by atoms with Crippen LogP contribution in [0.3, 0.4) is 0 Å². The predicted molar refractivity (Wildman–Crippen MR) is 237 cm³/mol. The lowest BCUT2D eigenvalue weighted by Gasteiger charge is -2.44. The number of halogens is 12. The van der Waals surface area contributed by atoms with Crippen molar-refractivity contribution >= 4 is 43.7 Å². The van der Waals surface area contributed by atoms with Gasteiger partial charge in [0, 0.05) is 11.1 Å². The summed E-state index contributed by atoms with van der Waals surface area (Å²) in [5.41, 5.74) is -1.88. The minimum Gasteiger partial charge on any atom is -0.289 e. The molecule has 2 nitrogen and oxygen atoms in total. The quantitative estimate of drug-likeness (QED) is 0.0500. The maximum Gasteiger partial charge on any atom is 0.416 e. The molecule has 0 aliphatic carbocycles. The van der Waals surface area contributed by atoms with Crippen molar-refractivity contribution in [2.45, 2.75) is 36.5 Å². The van der Waals surface area contributed by atoms with Crippen LogP contribution in [0.25, 0.3) is 0 Å². The molecule has 1 unspecified atom stereocenters. The summed E-state index contributed by atoms with van der Waals surface area (Å²) in [7, 11) is -2.83. The molecule has 0 heterocycles. The first-order valence-electron chi connectivity index (χ1n) is 20.0. The van der Waals surface area contributed by atoms with E-state index in [9.17, 15) is 61.7 Å². The van der Waals surface area contributed by atoms with E-state index in [-0.39, 0.29) is 33.4 Å². The average molecular weight is 951 g/mol. The Labute approximate surface area is 378 Å². The number of rotatable bonds is 8. The summed E-state index contributed by atoms with van der Waals surface area (Å²) in [4.78, 5) is 13.3. The van der Waals surface area contributed by atoms with Gasteiger partial charge in [-0.3, -0.25) is 4.79 Å². The molecular formula is C51H35BF12O2S. The van der Waals surface area contributed by atoms with Gasteiger partial charge < -0.3 is 0 Å². The highest BCUT2D eigenvalue weighted by Crippen LogP contribution is 2.33. The van der Waals surface area contributed by atoms with Gasteiger partial charge in [-0.15, -0.1) is 0 Å². The molecule has 7 aromatic rings. The van der Waals surface area contributed by atoms with Crippen LogP contribution < -0.4 is 21.9 Å². The first kappa shape index (κ1) is 49.6. The van der Waals surface area contributed by atoms with E-state index in [1.54, 1.807) is 24.3 Å². The van der Waals surface area contributed by atoms with Crippen LogP contribution in [0.4, 0.5) is 52.7 Å². The second-order valence-electron chi connectivity index (χ2n) is 15.4. The van der Waals surface area contributed by atoms with Crippen molar-refractivity contribution in [2.75, 3.05) is 5.75 Å². The largest absolute Gasteiger partial charge is 0.416 e. The van der Waals surface area contributed by atoms with Gasteiger partial charge in [0.05, 0.1) is 22.3 Å². The van der Waals surface area contributed by atoms with Gasteiger partial charge in [0.25, 0.3) is 0 Å². The highest BCUT2D eigenvalue weighted by Gasteiger charge is 2.39. The molecule has 1 atom stereocenters. The summed E-state index contributed by atoms with van der Waals surface area (Å²) < 4.78 is 174. The lowest BCUT2D eigenvalue weighted by Crippen LogP contribution is -2.74. The number of hydrogen-bond acceptors (Lipinski definition) is 2. The van der Waals surface area contributed by atoms with E-state index in [2.05, 4.69) is 11.2 Å².